The zero-order valence-corrected chi connectivity index (χ0v) is 19.3. The first kappa shape index (κ1) is 19.7. The first-order valence-corrected chi connectivity index (χ1v) is 11.2. The Hall–Kier alpha value is -1.61. The number of aryl methyl sites for hydroxylation is 1. The van der Waals surface area contributed by atoms with Crippen LogP contribution in [-0.2, 0) is 4.79 Å². The molecule has 4 rings (SSSR count). The van der Waals surface area contributed by atoms with Gasteiger partial charge >= 0.3 is 0 Å². The molecular formula is C19H13Br2ClN4OS. The van der Waals surface area contributed by atoms with Crippen LogP contribution in [0.15, 0.2) is 56.6 Å². The Morgan fingerprint density at radius 3 is 2.64 bits per heavy atom. The Kier molecular flexibility index (Phi) is 5.64. The third-order valence-corrected chi connectivity index (χ3v) is 6.58. The van der Waals surface area contributed by atoms with Gasteiger partial charge in [-0.05, 0) is 68.6 Å². The molecule has 5 nitrogen and oxygen atoms in total. The molecule has 9 heteroatoms. The summed E-state index contributed by atoms with van der Waals surface area (Å²) in [6, 6.07) is 13.6. The van der Waals surface area contributed by atoms with Gasteiger partial charge < -0.3 is 5.32 Å². The molecule has 0 radical (unpaired) electrons. The van der Waals surface area contributed by atoms with E-state index in [1.807, 2.05) is 28.7 Å². The molecular weight excluding hydrogens is 528 g/mol. The lowest BCUT2D eigenvalue weighted by atomic mass is 10.1. The lowest BCUT2D eigenvalue weighted by Gasteiger charge is -2.10. The third kappa shape index (κ3) is 3.78. The van der Waals surface area contributed by atoms with E-state index in [1.54, 1.807) is 12.1 Å². The van der Waals surface area contributed by atoms with Crippen molar-refractivity contribution in [1.29, 1.82) is 0 Å². The highest BCUT2D eigenvalue weighted by Crippen LogP contribution is 2.34. The average Bonchev–Trinajstić information content (AvgIpc) is 3.06. The number of halogens is 3. The van der Waals surface area contributed by atoms with E-state index in [9.17, 15) is 4.79 Å². The molecule has 1 N–H and O–H groups in total. The quantitative estimate of drug-likeness (QED) is 0.318. The van der Waals surface area contributed by atoms with Crippen molar-refractivity contribution in [2.75, 3.05) is 11.1 Å². The summed E-state index contributed by atoms with van der Waals surface area (Å²) in [7, 11) is 0. The summed E-state index contributed by atoms with van der Waals surface area (Å²) in [5, 5.41) is 13.8. The number of para-hydroxylation sites is 1. The predicted molar refractivity (Wildman–Crippen MR) is 121 cm³/mol. The number of benzene rings is 2. The van der Waals surface area contributed by atoms with Crippen LogP contribution < -0.4 is 5.32 Å². The van der Waals surface area contributed by atoms with Crippen molar-refractivity contribution in [3.8, 4) is 0 Å². The molecule has 0 fully saturated rings. The number of hydrogen-bond acceptors (Lipinski definition) is 4. The summed E-state index contributed by atoms with van der Waals surface area (Å²) in [5.74, 6) is 0.0479. The van der Waals surface area contributed by atoms with Crippen LogP contribution in [0.2, 0.25) is 5.02 Å². The fourth-order valence-electron chi connectivity index (χ4n) is 2.94. The average molecular weight is 541 g/mol. The Bertz CT molecular complexity index is 1200. The zero-order chi connectivity index (χ0) is 19.8. The van der Waals surface area contributed by atoms with Gasteiger partial charge in [-0.1, -0.05) is 41.6 Å². The monoisotopic (exact) mass is 538 g/mol. The van der Waals surface area contributed by atoms with Crippen LogP contribution in [0, 0.1) is 6.92 Å². The van der Waals surface area contributed by atoms with Gasteiger partial charge in [0, 0.05) is 19.4 Å². The van der Waals surface area contributed by atoms with Crippen molar-refractivity contribution in [1.82, 2.24) is 14.6 Å². The van der Waals surface area contributed by atoms with Gasteiger partial charge in [-0.15, -0.1) is 10.2 Å². The van der Waals surface area contributed by atoms with E-state index >= 15 is 0 Å². The number of aromatic nitrogens is 3. The van der Waals surface area contributed by atoms with Crippen LogP contribution in [0.5, 0.6) is 0 Å². The van der Waals surface area contributed by atoms with E-state index in [0.717, 1.165) is 22.1 Å². The summed E-state index contributed by atoms with van der Waals surface area (Å²) in [6.07, 6.45) is 0. The molecule has 0 atom stereocenters. The standard InChI is InChI=1S/C19H13Br2ClN4OS/c1-10-6-16-24-25-19(26(16)15-5-3-2-4-12(10)15)28-9-17(27)23-18-13(20)7-11(22)8-14(18)21/h2-8H,9H2,1H3,(H,23,27). The Morgan fingerprint density at radius 2 is 1.89 bits per heavy atom. The molecule has 0 aliphatic rings. The lowest BCUT2D eigenvalue weighted by Crippen LogP contribution is -2.15. The molecule has 0 aliphatic heterocycles. The minimum absolute atomic E-state index is 0.151. The topological polar surface area (TPSA) is 59.3 Å². The highest BCUT2D eigenvalue weighted by Gasteiger charge is 2.15. The van der Waals surface area contributed by atoms with Crippen molar-refractivity contribution < 1.29 is 4.79 Å². The highest BCUT2D eigenvalue weighted by molar-refractivity contribution is 9.11. The lowest BCUT2D eigenvalue weighted by molar-refractivity contribution is -0.113. The van der Waals surface area contributed by atoms with Crippen LogP contribution in [0.3, 0.4) is 0 Å². The number of fused-ring (bicyclic) bond motifs is 3. The SMILES string of the molecule is Cc1cc2nnc(SCC(=O)Nc3c(Br)cc(Cl)cc3Br)n2c2ccccc12. The number of nitrogens with one attached hydrogen (secondary N) is 1. The second-order valence-corrected chi connectivity index (χ2v) is 9.19. The Labute approximate surface area is 187 Å². The summed E-state index contributed by atoms with van der Waals surface area (Å²) < 4.78 is 3.40. The molecule has 0 spiro atoms. The largest absolute Gasteiger partial charge is 0.323 e. The molecule has 0 saturated heterocycles. The third-order valence-electron chi connectivity index (χ3n) is 4.18. The summed E-state index contributed by atoms with van der Waals surface area (Å²) >= 11 is 14.2. The van der Waals surface area contributed by atoms with E-state index in [0.29, 0.717) is 24.8 Å². The van der Waals surface area contributed by atoms with Gasteiger partial charge in [-0.2, -0.15) is 0 Å². The van der Waals surface area contributed by atoms with Crippen LogP contribution >= 0.6 is 55.2 Å². The highest BCUT2D eigenvalue weighted by atomic mass is 79.9. The van der Waals surface area contributed by atoms with Crippen molar-refractivity contribution in [3.63, 3.8) is 0 Å². The number of amides is 1. The van der Waals surface area contributed by atoms with Crippen LogP contribution in [0.4, 0.5) is 5.69 Å². The minimum Gasteiger partial charge on any atom is -0.323 e. The van der Waals surface area contributed by atoms with Crippen molar-refractivity contribution >= 4 is 83.4 Å². The fraction of sp³-hybridized carbons (Fsp3) is 0.105. The van der Waals surface area contributed by atoms with E-state index < -0.39 is 0 Å². The van der Waals surface area contributed by atoms with E-state index in [-0.39, 0.29) is 11.7 Å². The summed E-state index contributed by atoms with van der Waals surface area (Å²) in [5.41, 5.74) is 3.57. The Balaban J connectivity index is 1.58. The smallest absolute Gasteiger partial charge is 0.234 e. The molecule has 0 saturated carbocycles. The maximum absolute atomic E-state index is 12.5. The molecule has 2 heterocycles. The normalized spacial score (nSPS) is 11.3. The van der Waals surface area contributed by atoms with Gasteiger partial charge in [0.1, 0.15) is 0 Å². The molecule has 2 aromatic carbocycles. The number of carbonyl (C=O) groups excluding carboxylic acids is 1. The van der Waals surface area contributed by atoms with Gasteiger partial charge in [-0.25, -0.2) is 0 Å². The molecule has 28 heavy (non-hydrogen) atoms. The molecule has 142 valence electrons. The maximum atomic E-state index is 12.5. The van der Waals surface area contributed by atoms with Crippen LogP contribution in [0.1, 0.15) is 5.56 Å². The molecule has 0 bridgehead atoms. The summed E-state index contributed by atoms with van der Waals surface area (Å²) in [4.78, 5) is 12.5. The van der Waals surface area contributed by atoms with Gasteiger partial charge in [0.25, 0.3) is 0 Å². The van der Waals surface area contributed by atoms with Gasteiger partial charge in [0.05, 0.1) is 17.0 Å². The number of nitrogens with zero attached hydrogens (tertiary/aromatic N) is 3. The number of anilines is 1. The zero-order valence-electron chi connectivity index (χ0n) is 14.5. The number of thioether (sulfide) groups is 1. The molecule has 1 amide bonds. The van der Waals surface area contributed by atoms with Crippen molar-refractivity contribution in [2.24, 2.45) is 0 Å². The molecule has 0 aliphatic carbocycles. The Morgan fingerprint density at radius 1 is 1.18 bits per heavy atom. The fourth-order valence-corrected chi connectivity index (χ4v) is 5.55. The predicted octanol–water partition coefficient (Wildman–Crippen LogP) is 6.10. The molecule has 0 unspecified atom stereocenters. The van der Waals surface area contributed by atoms with E-state index in [4.69, 9.17) is 11.6 Å². The number of carbonyl (C=O) groups is 1. The van der Waals surface area contributed by atoms with Crippen molar-refractivity contribution in [2.45, 2.75) is 12.1 Å². The van der Waals surface area contributed by atoms with Crippen LogP contribution in [-0.4, -0.2) is 26.3 Å². The maximum Gasteiger partial charge on any atom is 0.234 e. The van der Waals surface area contributed by atoms with Gasteiger partial charge in [-0.3, -0.25) is 9.20 Å². The van der Waals surface area contributed by atoms with Gasteiger partial charge in [0.15, 0.2) is 10.8 Å². The number of hydrogen-bond donors (Lipinski definition) is 1. The molecule has 4 aromatic rings. The van der Waals surface area contributed by atoms with E-state index in [2.05, 4.69) is 60.4 Å². The van der Waals surface area contributed by atoms with Gasteiger partial charge in [0.2, 0.25) is 5.91 Å². The number of pyridine rings is 1. The summed E-state index contributed by atoms with van der Waals surface area (Å²) in [6.45, 7) is 2.05. The second kappa shape index (κ2) is 8.02. The second-order valence-electron chi connectivity index (χ2n) is 6.10. The molecule has 2 aromatic heterocycles. The van der Waals surface area contributed by atoms with E-state index in [1.165, 1.54) is 11.8 Å². The number of rotatable bonds is 4. The van der Waals surface area contributed by atoms with Crippen LogP contribution in [0.25, 0.3) is 16.6 Å². The first-order chi connectivity index (χ1) is 13.4. The van der Waals surface area contributed by atoms with Crippen molar-refractivity contribution in [3.05, 3.63) is 62.0 Å². The first-order valence-electron chi connectivity index (χ1n) is 8.24. The minimum atomic E-state index is -0.151.